The van der Waals surface area contributed by atoms with Gasteiger partial charge in [0.2, 0.25) is 0 Å². The molecule has 2 aromatic carbocycles. The number of aliphatic hydroxyl groups excluding tert-OH is 1. The average Bonchev–Trinajstić information content (AvgIpc) is 3.21. The maximum Gasteiger partial charge on any atom is 0.267 e. The molecule has 0 spiro atoms. The van der Waals surface area contributed by atoms with Gasteiger partial charge in [-0.05, 0) is 42.5 Å². The number of nitrogens with two attached hydrogens (primary N) is 1. The second-order valence-corrected chi connectivity index (χ2v) is 11.7. The SMILES string of the molecule is CC1(C)CCN(c2cnc(Sc3cccc(NC(=O)C4=C(O)CN(c5ccccc5)C4=O)c3Cl)c(N)n2)CC1. The van der Waals surface area contributed by atoms with E-state index in [1.165, 1.54) is 16.7 Å². The number of rotatable bonds is 6. The topological polar surface area (TPSA) is 125 Å². The van der Waals surface area contributed by atoms with Crippen LogP contribution in [-0.2, 0) is 9.59 Å². The number of nitrogens with one attached hydrogen (secondary N) is 1. The standard InChI is InChI=1S/C28H29ClN6O3S/c1-28(2)11-13-34(14-12-28)21-15-31-26(24(30)33-21)39-20-10-6-9-18(23(20)29)32-25(37)22-19(36)16-35(27(22)38)17-7-4-3-5-8-17/h3-10,15,36H,11-14,16H2,1-2H3,(H2,30,33)(H,32,37). The molecule has 1 fully saturated rings. The summed E-state index contributed by atoms with van der Waals surface area (Å²) in [6.45, 7) is 6.26. The van der Waals surface area contributed by atoms with Crippen LogP contribution in [0.3, 0.4) is 0 Å². The fourth-order valence-corrected chi connectivity index (χ4v) is 5.63. The number of hydrogen-bond donors (Lipinski definition) is 3. The van der Waals surface area contributed by atoms with Crippen molar-refractivity contribution < 1.29 is 14.7 Å². The second-order valence-electron chi connectivity index (χ2n) is 10.3. The zero-order valence-electron chi connectivity index (χ0n) is 21.6. The zero-order chi connectivity index (χ0) is 27.7. The quantitative estimate of drug-likeness (QED) is 0.345. The van der Waals surface area contributed by atoms with E-state index in [-0.39, 0.29) is 28.6 Å². The summed E-state index contributed by atoms with van der Waals surface area (Å²) in [7, 11) is 0. The van der Waals surface area contributed by atoms with E-state index in [0.29, 0.717) is 26.8 Å². The number of carbonyl (C=O) groups is 2. The molecule has 5 rings (SSSR count). The number of hydrogen-bond acceptors (Lipinski definition) is 8. The molecule has 3 heterocycles. The summed E-state index contributed by atoms with van der Waals surface area (Å²) >= 11 is 7.86. The minimum atomic E-state index is -0.742. The van der Waals surface area contributed by atoms with Gasteiger partial charge in [-0.25, -0.2) is 9.97 Å². The van der Waals surface area contributed by atoms with E-state index < -0.39 is 11.8 Å². The van der Waals surface area contributed by atoms with Crippen LogP contribution in [-0.4, -0.2) is 46.5 Å². The first kappa shape index (κ1) is 26.8. The van der Waals surface area contributed by atoms with Crippen LogP contribution in [0.4, 0.5) is 23.0 Å². The van der Waals surface area contributed by atoms with Gasteiger partial charge in [-0.1, -0.05) is 61.5 Å². The minimum absolute atomic E-state index is 0.0850. The molecule has 9 nitrogen and oxygen atoms in total. The number of benzene rings is 2. The van der Waals surface area contributed by atoms with Crippen LogP contribution >= 0.6 is 23.4 Å². The van der Waals surface area contributed by atoms with Gasteiger partial charge >= 0.3 is 0 Å². The van der Waals surface area contributed by atoms with Crippen molar-refractivity contribution in [2.75, 3.05) is 40.5 Å². The van der Waals surface area contributed by atoms with Gasteiger partial charge in [0.1, 0.15) is 22.2 Å². The van der Waals surface area contributed by atoms with Crippen LogP contribution in [0, 0.1) is 5.41 Å². The van der Waals surface area contributed by atoms with Crippen LogP contribution in [0.2, 0.25) is 5.02 Å². The van der Waals surface area contributed by atoms with E-state index in [9.17, 15) is 14.7 Å². The number of amides is 2. The van der Waals surface area contributed by atoms with Crippen molar-refractivity contribution in [2.45, 2.75) is 36.6 Å². The molecule has 0 aliphatic carbocycles. The van der Waals surface area contributed by atoms with Crippen LogP contribution in [0.25, 0.3) is 0 Å². The van der Waals surface area contributed by atoms with Gasteiger partial charge in [0.25, 0.3) is 11.8 Å². The number of aromatic nitrogens is 2. The first-order valence-corrected chi connectivity index (χ1v) is 13.8. The number of anilines is 4. The summed E-state index contributed by atoms with van der Waals surface area (Å²) in [5.74, 6) is -0.589. The molecule has 1 saturated heterocycles. The Morgan fingerprint density at radius 1 is 1.13 bits per heavy atom. The highest BCUT2D eigenvalue weighted by molar-refractivity contribution is 7.99. The second kappa shape index (κ2) is 10.8. The Balaban J connectivity index is 1.29. The lowest BCUT2D eigenvalue weighted by Gasteiger charge is -2.37. The Morgan fingerprint density at radius 3 is 2.54 bits per heavy atom. The van der Waals surface area contributed by atoms with E-state index in [1.807, 2.05) is 6.07 Å². The Hall–Kier alpha value is -3.76. The Labute approximate surface area is 236 Å². The number of nitrogens with zero attached hydrogens (tertiary/aromatic N) is 4. The molecule has 4 N–H and O–H groups in total. The fraction of sp³-hybridized carbons (Fsp3) is 0.286. The van der Waals surface area contributed by atoms with E-state index >= 15 is 0 Å². The molecular formula is C28H29ClN6O3S. The Kier molecular flexibility index (Phi) is 7.42. The van der Waals surface area contributed by atoms with Gasteiger partial charge in [0.05, 0.1) is 23.5 Å². The maximum absolute atomic E-state index is 13.0. The number of halogens is 1. The van der Waals surface area contributed by atoms with Crippen LogP contribution in [0.1, 0.15) is 26.7 Å². The van der Waals surface area contributed by atoms with Crippen LogP contribution in [0.5, 0.6) is 0 Å². The first-order valence-electron chi connectivity index (χ1n) is 12.6. The number of carbonyl (C=O) groups excluding carboxylic acids is 2. The maximum atomic E-state index is 13.0. The van der Waals surface area contributed by atoms with E-state index in [1.54, 1.807) is 48.7 Å². The molecule has 202 valence electrons. The predicted octanol–water partition coefficient (Wildman–Crippen LogP) is 5.29. The van der Waals surface area contributed by atoms with Crippen molar-refractivity contribution in [3.63, 3.8) is 0 Å². The minimum Gasteiger partial charge on any atom is -0.509 e. The molecule has 2 amide bonds. The molecule has 2 aliphatic heterocycles. The number of para-hydroxylation sites is 1. The summed E-state index contributed by atoms with van der Waals surface area (Å²) in [5.41, 5.74) is 7.14. The molecule has 0 radical (unpaired) electrons. The summed E-state index contributed by atoms with van der Waals surface area (Å²) in [6.07, 6.45) is 3.86. The van der Waals surface area contributed by atoms with E-state index in [2.05, 4.69) is 34.0 Å². The normalized spacial score (nSPS) is 17.1. The van der Waals surface area contributed by atoms with E-state index in [0.717, 1.165) is 31.7 Å². The fourth-order valence-electron chi connectivity index (χ4n) is 4.53. The molecule has 1 aromatic heterocycles. The largest absolute Gasteiger partial charge is 0.509 e. The van der Waals surface area contributed by atoms with Gasteiger partial charge in [0, 0.05) is 23.7 Å². The molecular weight excluding hydrogens is 536 g/mol. The molecule has 0 atom stereocenters. The van der Waals surface area contributed by atoms with Gasteiger partial charge in [0.15, 0.2) is 5.82 Å². The number of piperidine rings is 1. The Bertz CT molecular complexity index is 1450. The molecule has 0 unspecified atom stereocenters. The molecule has 0 bridgehead atoms. The van der Waals surface area contributed by atoms with E-state index in [4.69, 9.17) is 17.3 Å². The Morgan fingerprint density at radius 2 is 1.85 bits per heavy atom. The molecule has 11 heteroatoms. The molecule has 3 aromatic rings. The highest BCUT2D eigenvalue weighted by Crippen LogP contribution is 2.39. The number of nitrogen functional groups attached to an aromatic ring is 1. The van der Waals surface area contributed by atoms with Gasteiger partial charge < -0.3 is 26.0 Å². The summed E-state index contributed by atoms with van der Waals surface area (Å²) in [4.78, 5) is 39.2. The monoisotopic (exact) mass is 564 g/mol. The molecule has 0 saturated carbocycles. The number of aliphatic hydroxyl groups is 1. The van der Waals surface area contributed by atoms with Gasteiger partial charge in [-0.3, -0.25) is 9.59 Å². The molecule has 2 aliphatic rings. The highest BCUT2D eigenvalue weighted by atomic mass is 35.5. The lowest BCUT2D eigenvalue weighted by molar-refractivity contribution is -0.119. The van der Waals surface area contributed by atoms with Crippen molar-refractivity contribution in [3.8, 4) is 0 Å². The summed E-state index contributed by atoms with van der Waals surface area (Å²) in [6, 6.07) is 14.0. The van der Waals surface area contributed by atoms with Crippen molar-refractivity contribution >= 4 is 58.2 Å². The van der Waals surface area contributed by atoms with Crippen molar-refractivity contribution in [3.05, 3.63) is 71.1 Å². The highest BCUT2D eigenvalue weighted by Gasteiger charge is 2.36. The van der Waals surface area contributed by atoms with Crippen LogP contribution < -0.4 is 20.9 Å². The summed E-state index contributed by atoms with van der Waals surface area (Å²) in [5, 5.41) is 13.8. The molecule has 39 heavy (non-hydrogen) atoms. The van der Waals surface area contributed by atoms with Crippen molar-refractivity contribution in [1.29, 1.82) is 0 Å². The lowest BCUT2D eigenvalue weighted by Crippen LogP contribution is -2.37. The third-order valence-corrected chi connectivity index (χ3v) is 8.55. The first-order chi connectivity index (χ1) is 18.6. The van der Waals surface area contributed by atoms with Crippen molar-refractivity contribution in [1.82, 2.24) is 9.97 Å². The summed E-state index contributed by atoms with van der Waals surface area (Å²) < 4.78 is 0. The third kappa shape index (κ3) is 5.67. The third-order valence-electron chi connectivity index (χ3n) is 6.96. The zero-order valence-corrected chi connectivity index (χ0v) is 23.2. The average molecular weight is 565 g/mol. The van der Waals surface area contributed by atoms with Gasteiger partial charge in [-0.15, -0.1) is 0 Å². The van der Waals surface area contributed by atoms with Gasteiger partial charge in [-0.2, -0.15) is 0 Å². The van der Waals surface area contributed by atoms with Crippen molar-refractivity contribution in [2.24, 2.45) is 5.41 Å². The smallest absolute Gasteiger partial charge is 0.267 e. The van der Waals surface area contributed by atoms with Crippen LogP contribution in [0.15, 0.2) is 76.0 Å². The lowest BCUT2D eigenvalue weighted by atomic mass is 9.83. The predicted molar refractivity (Wildman–Crippen MR) is 154 cm³/mol.